The van der Waals surface area contributed by atoms with E-state index in [-0.39, 0.29) is 29.1 Å². The molecule has 1 saturated heterocycles. The van der Waals surface area contributed by atoms with Gasteiger partial charge < -0.3 is 19.1 Å². The Labute approximate surface area is 303 Å². The van der Waals surface area contributed by atoms with Crippen molar-refractivity contribution in [3.63, 3.8) is 0 Å². The van der Waals surface area contributed by atoms with E-state index in [4.69, 9.17) is 25.8 Å². The Morgan fingerprint density at radius 2 is 1.74 bits per heavy atom. The normalized spacial score (nSPS) is 36.0. The third-order valence-electron chi connectivity index (χ3n) is 13.0. The predicted molar refractivity (Wildman–Crippen MR) is 197 cm³/mol. The van der Waals surface area contributed by atoms with Crippen LogP contribution >= 0.6 is 11.6 Å². The minimum atomic E-state index is -3.91. The molecule has 1 saturated carbocycles. The molecule has 9 nitrogen and oxygen atoms in total. The number of anilines is 1. The summed E-state index contributed by atoms with van der Waals surface area (Å²) in [5.41, 5.74) is 3.29. The summed E-state index contributed by atoms with van der Waals surface area (Å²) in [5.74, 6) is 1.01. The number of amides is 1. The van der Waals surface area contributed by atoms with Gasteiger partial charge in [0.15, 0.2) is 6.29 Å². The van der Waals surface area contributed by atoms with Crippen LogP contribution in [0.15, 0.2) is 36.4 Å². The molecule has 3 aliphatic heterocycles. The average molecular weight is 728 g/mol. The molecule has 1 spiro atoms. The van der Waals surface area contributed by atoms with E-state index in [0.717, 1.165) is 80.9 Å². The number of nitrogens with zero attached hydrogens (tertiary/aromatic N) is 2. The molecule has 0 aromatic heterocycles. The molecule has 2 aliphatic carbocycles. The van der Waals surface area contributed by atoms with Crippen LogP contribution in [0.4, 0.5) is 5.69 Å². The molecule has 0 unspecified atom stereocenters. The van der Waals surface area contributed by atoms with Gasteiger partial charge in [-0.15, -0.1) is 0 Å². The van der Waals surface area contributed by atoms with Crippen molar-refractivity contribution in [3.05, 3.63) is 58.1 Å². The Balaban J connectivity index is 1.27. The molecule has 2 fully saturated rings. The number of ether oxygens (including phenoxy) is 3. The maximum atomic E-state index is 13.6. The number of rotatable bonds is 2. The standard InChI is InChI=1S/C39H54ClN3O6S/c1-25-8-6-10-32(37-48-22-38(3,23-49-37)42(4)5)31-14-11-29(31)20-43-21-39(17-7-9-27-18-30(40)13-15-33(27)39)24-47-35-16-12-28(19-34(35)43)36(44)41-50(45,46)26(25)2/h12-13,15-16,18-19,25-26,29,31-32,37H,6-11,14,17,20-24H2,1-5H3,(H,41,44)/t25-,26+,29-,31+,32+,37-,38-,39-/m0/s1. The first-order valence-electron chi connectivity index (χ1n) is 18.6. The van der Waals surface area contributed by atoms with Crippen molar-refractivity contribution in [1.29, 1.82) is 0 Å². The highest BCUT2D eigenvalue weighted by Crippen LogP contribution is 2.49. The second-order valence-electron chi connectivity index (χ2n) is 16.4. The minimum Gasteiger partial charge on any atom is -0.490 e. The molecule has 6 atom stereocenters. The second kappa shape index (κ2) is 13.9. The van der Waals surface area contributed by atoms with E-state index >= 15 is 0 Å². The molecule has 50 heavy (non-hydrogen) atoms. The van der Waals surface area contributed by atoms with E-state index in [1.807, 2.05) is 25.1 Å². The highest BCUT2D eigenvalue weighted by Gasteiger charge is 2.48. The number of sulfonamides is 1. The molecule has 274 valence electrons. The Hall–Kier alpha value is -2.37. The summed E-state index contributed by atoms with van der Waals surface area (Å²) >= 11 is 6.48. The highest BCUT2D eigenvalue weighted by molar-refractivity contribution is 7.90. The molecule has 3 heterocycles. The number of likely N-dealkylation sites (N-methyl/N-ethyl adjacent to an activating group) is 1. The van der Waals surface area contributed by atoms with Gasteiger partial charge in [-0.3, -0.25) is 9.69 Å². The Bertz CT molecular complexity index is 1690. The van der Waals surface area contributed by atoms with Crippen molar-refractivity contribution in [3.8, 4) is 5.75 Å². The van der Waals surface area contributed by atoms with E-state index in [2.05, 4.69) is 47.7 Å². The fraction of sp³-hybridized carbons (Fsp3) is 0.667. The van der Waals surface area contributed by atoms with Crippen molar-refractivity contribution in [2.45, 2.75) is 94.6 Å². The summed E-state index contributed by atoms with van der Waals surface area (Å²) in [6.07, 6.45) is 7.44. The minimum absolute atomic E-state index is 0.128. The van der Waals surface area contributed by atoms with E-state index in [1.165, 1.54) is 11.1 Å². The number of aryl methyl sites for hydroxylation is 1. The fourth-order valence-electron chi connectivity index (χ4n) is 9.09. The first-order chi connectivity index (χ1) is 23.8. The molecule has 1 amide bonds. The largest absolute Gasteiger partial charge is 0.490 e. The summed E-state index contributed by atoms with van der Waals surface area (Å²) < 4.78 is 49.3. The molecule has 11 heteroatoms. The van der Waals surface area contributed by atoms with E-state index in [9.17, 15) is 13.2 Å². The van der Waals surface area contributed by atoms with Gasteiger partial charge in [0.2, 0.25) is 10.0 Å². The van der Waals surface area contributed by atoms with Crippen LogP contribution in [0.5, 0.6) is 5.75 Å². The molecule has 2 bridgehead atoms. The zero-order valence-corrected chi connectivity index (χ0v) is 31.8. The quantitative estimate of drug-likeness (QED) is 0.379. The van der Waals surface area contributed by atoms with E-state index in [0.29, 0.717) is 37.2 Å². The summed E-state index contributed by atoms with van der Waals surface area (Å²) in [5, 5.41) is 0.0250. The van der Waals surface area contributed by atoms with Gasteiger partial charge in [0.1, 0.15) is 5.75 Å². The molecular formula is C39H54ClN3O6S. The van der Waals surface area contributed by atoms with E-state index < -0.39 is 21.2 Å². The third kappa shape index (κ3) is 6.80. The number of hydrogen-bond acceptors (Lipinski definition) is 8. The van der Waals surface area contributed by atoms with Crippen molar-refractivity contribution in [2.24, 2.45) is 23.7 Å². The van der Waals surface area contributed by atoms with Crippen molar-refractivity contribution in [1.82, 2.24) is 9.62 Å². The van der Waals surface area contributed by atoms with Crippen LogP contribution in [-0.4, -0.2) is 83.3 Å². The number of benzene rings is 2. The highest BCUT2D eigenvalue weighted by atomic mass is 35.5. The molecule has 2 aromatic rings. The van der Waals surface area contributed by atoms with Gasteiger partial charge >= 0.3 is 0 Å². The van der Waals surface area contributed by atoms with Gasteiger partial charge in [0.25, 0.3) is 5.91 Å². The predicted octanol–water partition coefficient (Wildman–Crippen LogP) is 6.42. The van der Waals surface area contributed by atoms with Gasteiger partial charge in [-0.1, -0.05) is 31.0 Å². The summed E-state index contributed by atoms with van der Waals surface area (Å²) in [6.45, 7) is 9.13. The Morgan fingerprint density at radius 1 is 0.960 bits per heavy atom. The number of fused-ring (bicyclic) bond motifs is 4. The number of hydrogen-bond donors (Lipinski definition) is 1. The molecular weight excluding hydrogens is 674 g/mol. The van der Waals surface area contributed by atoms with Crippen molar-refractivity contribution < 1.29 is 27.4 Å². The number of carbonyl (C=O) groups is 1. The maximum Gasteiger partial charge on any atom is 0.264 e. The third-order valence-corrected chi connectivity index (χ3v) is 15.2. The zero-order chi connectivity index (χ0) is 35.4. The van der Waals surface area contributed by atoms with Crippen LogP contribution in [0.3, 0.4) is 0 Å². The van der Waals surface area contributed by atoms with E-state index in [1.54, 1.807) is 13.0 Å². The van der Waals surface area contributed by atoms with Gasteiger partial charge in [-0.25, -0.2) is 13.1 Å². The summed E-state index contributed by atoms with van der Waals surface area (Å²) in [7, 11) is 0.230. The molecule has 0 radical (unpaired) electrons. The lowest BCUT2D eigenvalue weighted by molar-refractivity contribution is -0.260. The first-order valence-corrected chi connectivity index (χ1v) is 20.5. The lowest BCUT2D eigenvalue weighted by Crippen LogP contribution is -2.57. The summed E-state index contributed by atoms with van der Waals surface area (Å²) in [4.78, 5) is 18.2. The molecule has 2 aromatic carbocycles. The van der Waals surface area contributed by atoms with Gasteiger partial charge in [0, 0.05) is 35.0 Å². The average Bonchev–Trinajstić information content (AvgIpc) is 3.22. The molecule has 7 rings (SSSR count). The SMILES string of the molecule is C[C@@H]1[C@@H](C)CCC[C@@H]([C@H]2OC[C@](C)(N(C)C)CO2)[C@@H]2CC[C@H]2CN2C[C@@]3(CCCc4cc(Cl)ccc43)COc3ccc(cc32)C(=O)NS1(=O)=O. The second-order valence-corrected chi connectivity index (χ2v) is 18.9. The summed E-state index contributed by atoms with van der Waals surface area (Å²) in [6, 6.07) is 11.6. The van der Waals surface area contributed by atoms with Crippen molar-refractivity contribution >= 4 is 33.2 Å². The zero-order valence-electron chi connectivity index (χ0n) is 30.3. The van der Waals surface area contributed by atoms with Crippen LogP contribution in [0.1, 0.15) is 87.2 Å². The monoisotopic (exact) mass is 727 g/mol. The van der Waals surface area contributed by atoms with Gasteiger partial charge in [0.05, 0.1) is 36.3 Å². The van der Waals surface area contributed by atoms with Crippen LogP contribution in [0, 0.1) is 23.7 Å². The van der Waals surface area contributed by atoms with Crippen LogP contribution in [0.25, 0.3) is 0 Å². The Kier molecular flexibility index (Phi) is 10.00. The maximum absolute atomic E-state index is 13.6. The first kappa shape index (κ1) is 36.0. The lowest BCUT2D eigenvalue weighted by Gasteiger charge is -2.50. The van der Waals surface area contributed by atoms with Gasteiger partial charge in [-0.05, 0) is 132 Å². The fourth-order valence-corrected chi connectivity index (χ4v) is 10.6. The number of halogens is 1. The number of carbonyl (C=O) groups excluding carboxylic acids is 1. The van der Waals surface area contributed by atoms with Crippen LogP contribution in [0.2, 0.25) is 5.02 Å². The molecule has 1 N–H and O–H groups in total. The van der Waals surface area contributed by atoms with Crippen molar-refractivity contribution in [2.75, 3.05) is 51.9 Å². The van der Waals surface area contributed by atoms with Crippen LogP contribution < -0.4 is 14.4 Å². The molecule has 5 aliphatic rings. The Morgan fingerprint density at radius 3 is 2.46 bits per heavy atom. The smallest absolute Gasteiger partial charge is 0.264 e. The topological polar surface area (TPSA) is 97.4 Å². The van der Waals surface area contributed by atoms with Gasteiger partial charge in [-0.2, -0.15) is 0 Å². The van der Waals surface area contributed by atoms with Crippen LogP contribution in [-0.2, 0) is 31.3 Å². The lowest BCUT2D eigenvalue weighted by atomic mass is 9.64. The number of nitrogens with one attached hydrogen (secondary N) is 1.